The van der Waals surface area contributed by atoms with Crippen molar-refractivity contribution in [3.8, 4) is 0 Å². The molecule has 0 aliphatic heterocycles. The van der Waals surface area contributed by atoms with Crippen molar-refractivity contribution in [3.05, 3.63) is 83.9 Å². The Morgan fingerprint density at radius 2 is 1.50 bits per heavy atom. The zero-order valence-corrected chi connectivity index (χ0v) is 11.7. The monoisotopic (exact) mass is 288 g/mol. The van der Waals surface area contributed by atoms with Crippen molar-refractivity contribution in [3.63, 3.8) is 0 Å². The molecule has 0 spiro atoms. The maximum absolute atomic E-state index is 11.5. The molecule has 0 bridgehead atoms. The lowest BCUT2D eigenvalue weighted by Gasteiger charge is -2.09. The van der Waals surface area contributed by atoms with E-state index in [1.807, 2.05) is 30.3 Å². The molecule has 0 aliphatic carbocycles. The highest BCUT2D eigenvalue weighted by Crippen LogP contribution is 2.22. The summed E-state index contributed by atoms with van der Waals surface area (Å²) in [5.74, 6) is 0. The molecule has 0 amide bonds. The van der Waals surface area contributed by atoms with E-state index in [-0.39, 0.29) is 0 Å². The number of benzene rings is 2. The lowest BCUT2D eigenvalue weighted by molar-refractivity contribution is 0.476. The van der Waals surface area contributed by atoms with Gasteiger partial charge in [-0.15, -0.1) is 0 Å². The van der Waals surface area contributed by atoms with E-state index in [4.69, 9.17) is 0 Å². The minimum atomic E-state index is -4.16. The van der Waals surface area contributed by atoms with Gasteiger partial charge >= 0.3 is 0 Å². The highest BCUT2D eigenvalue weighted by Gasteiger charge is 2.21. The molecule has 0 aliphatic rings. The predicted octanol–water partition coefficient (Wildman–Crippen LogP) is 3.41. The summed E-state index contributed by atoms with van der Waals surface area (Å²) < 4.78 is 32.3. The predicted molar refractivity (Wildman–Crippen MR) is 80.0 cm³/mol. The third-order valence-electron chi connectivity index (χ3n) is 2.96. The van der Waals surface area contributed by atoms with Crippen LogP contribution < -0.4 is 0 Å². The lowest BCUT2D eigenvalue weighted by Crippen LogP contribution is -2.09. The van der Waals surface area contributed by atoms with Crippen LogP contribution in [0, 0.1) is 0 Å². The standard InChI is InChI=1S/C16H16O3S/c17-20(18,19)16(15-11-5-2-6-12-15)13-7-10-14-8-3-1-4-9-14/h1-9,11-13,16H,10H2,(H,17,18,19). The number of hydrogen-bond acceptors (Lipinski definition) is 2. The summed E-state index contributed by atoms with van der Waals surface area (Å²) in [5, 5.41) is -1.02. The van der Waals surface area contributed by atoms with Gasteiger partial charge in [0.05, 0.1) is 0 Å². The van der Waals surface area contributed by atoms with Crippen molar-refractivity contribution < 1.29 is 13.0 Å². The molecule has 0 radical (unpaired) electrons. The van der Waals surface area contributed by atoms with Gasteiger partial charge in [-0.3, -0.25) is 4.55 Å². The van der Waals surface area contributed by atoms with E-state index in [1.54, 1.807) is 36.4 Å². The maximum atomic E-state index is 11.5. The number of rotatable bonds is 5. The van der Waals surface area contributed by atoms with E-state index in [2.05, 4.69) is 0 Å². The Morgan fingerprint density at radius 1 is 0.950 bits per heavy atom. The summed E-state index contributed by atoms with van der Waals surface area (Å²) in [4.78, 5) is 0. The van der Waals surface area contributed by atoms with E-state index in [0.717, 1.165) is 5.56 Å². The van der Waals surface area contributed by atoms with E-state index >= 15 is 0 Å². The minimum absolute atomic E-state index is 0.555. The molecule has 0 saturated carbocycles. The highest BCUT2D eigenvalue weighted by molar-refractivity contribution is 7.86. The normalized spacial score (nSPS) is 13.4. The van der Waals surface area contributed by atoms with Crippen molar-refractivity contribution in [2.75, 3.05) is 0 Å². The van der Waals surface area contributed by atoms with E-state index < -0.39 is 15.4 Å². The molecule has 2 aromatic carbocycles. The van der Waals surface area contributed by atoms with Crippen LogP contribution in [0.4, 0.5) is 0 Å². The Balaban J connectivity index is 2.18. The van der Waals surface area contributed by atoms with Gasteiger partial charge < -0.3 is 0 Å². The van der Waals surface area contributed by atoms with Gasteiger partial charge in [-0.2, -0.15) is 8.42 Å². The first kappa shape index (κ1) is 14.5. The van der Waals surface area contributed by atoms with Crippen molar-refractivity contribution >= 4 is 10.1 Å². The SMILES string of the molecule is O=S(=O)(O)C(C=CCc1ccccc1)c1ccccc1. The Bertz CT molecular complexity index is 661. The topological polar surface area (TPSA) is 54.4 Å². The van der Waals surface area contributed by atoms with Crippen molar-refractivity contribution in [2.45, 2.75) is 11.7 Å². The molecule has 2 aromatic rings. The van der Waals surface area contributed by atoms with Crippen LogP contribution >= 0.6 is 0 Å². The Morgan fingerprint density at radius 3 is 2.05 bits per heavy atom. The molecule has 104 valence electrons. The third-order valence-corrected chi connectivity index (χ3v) is 4.03. The Hall–Kier alpha value is -1.91. The van der Waals surface area contributed by atoms with E-state index in [0.29, 0.717) is 12.0 Å². The van der Waals surface area contributed by atoms with Crippen LogP contribution in [-0.4, -0.2) is 13.0 Å². The molecule has 0 saturated heterocycles. The molecule has 2 rings (SSSR count). The first-order valence-corrected chi connectivity index (χ1v) is 7.79. The summed E-state index contributed by atoms with van der Waals surface area (Å²) in [6.07, 6.45) is 3.91. The summed E-state index contributed by atoms with van der Waals surface area (Å²) in [6, 6.07) is 18.4. The molecule has 1 unspecified atom stereocenters. The fraction of sp³-hybridized carbons (Fsp3) is 0.125. The fourth-order valence-electron chi connectivity index (χ4n) is 1.97. The van der Waals surface area contributed by atoms with Gasteiger partial charge in [0.25, 0.3) is 10.1 Å². The van der Waals surface area contributed by atoms with Gasteiger partial charge in [-0.05, 0) is 17.5 Å². The molecule has 4 heteroatoms. The molecule has 0 heterocycles. The van der Waals surface area contributed by atoms with Crippen molar-refractivity contribution in [1.82, 2.24) is 0 Å². The Kier molecular flexibility index (Phi) is 4.71. The van der Waals surface area contributed by atoms with Crippen LogP contribution in [0.25, 0.3) is 0 Å². The molecule has 20 heavy (non-hydrogen) atoms. The smallest absolute Gasteiger partial charge is 0.275 e. The van der Waals surface area contributed by atoms with Gasteiger partial charge in [-0.25, -0.2) is 0 Å². The van der Waals surface area contributed by atoms with Crippen LogP contribution in [0.2, 0.25) is 0 Å². The van der Waals surface area contributed by atoms with Crippen LogP contribution in [0.15, 0.2) is 72.8 Å². The second kappa shape index (κ2) is 6.50. The van der Waals surface area contributed by atoms with E-state index in [9.17, 15) is 13.0 Å². The molecule has 1 atom stereocenters. The van der Waals surface area contributed by atoms with E-state index in [1.165, 1.54) is 6.08 Å². The fourth-order valence-corrected chi connectivity index (χ4v) is 2.78. The summed E-state index contributed by atoms with van der Waals surface area (Å²) in [5.41, 5.74) is 1.64. The maximum Gasteiger partial charge on any atom is 0.275 e. The molecule has 0 aromatic heterocycles. The second-order valence-corrected chi connectivity index (χ2v) is 6.00. The zero-order valence-electron chi connectivity index (χ0n) is 10.9. The van der Waals surface area contributed by atoms with Crippen LogP contribution in [0.5, 0.6) is 0 Å². The second-order valence-electron chi connectivity index (χ2n) is 4.46. The largest absolute Gasteiger partial charge is 0.285 e. The van der Waals surface area contributed by atoms with Gasteiger partial charge in [0.1, 0.15) is 5.25 Å². The first-order valence-electron chi connectivity index (χ1n) is 6.29. The summed E-state index contributed by atoms with van der Waals surface area (Å²) in [6.45, 7) is 0. The first-order chi connectivity index (χ1) is 9.57. The average Bonchev–Trinajstić information content (AvgIpc) is 2.44. The van der Waals surface area contributed by atoms with Crippen LogP contribution in [-0.2, 0) is 16.5 Å². The molecule has 1 N–H and O–H groups in total. The van der Waals surface area contributed by atoms with Gasteiger partial charge in [-0.1, -0.05) is 72.8 Å². The number of allylic oxidation sites excluding steroid dienone is 1. The molecular weight excluding hydrogens is 272 g/mol. The van der Waals surface area contributed by atoms with Crippen LogP contribution in [0.1, 0.15) is 16.4 Å². The van der Waals surface area contributed by atoms with Crippen molar-refractivity contribution in [1.29, 1.82) is 0 Å². The summed E-state index contributed by atoms with van der Waals surface area (Å²) >= 11 is 0. The number of hydrogen-bond donors (Lipinski definition) is 1. The highest BCUT2D eigenvalue weighted by atomic mass is 32.2. The van der Waals surface area contributed by atoms with Gasteiger partial charge in [0.2, 0.25) is 0 Å². The Labute approximate surface area is 119 Å². The molecule has 3 nitrogen and oxygen atoms in total. The zero-order chi connectivity index (χ0) is 14.4. The van der Waals surface area contributed by atoms with Gasteiger partial charge in [0, 0.05) is 0 Å². The van der Waals surface area contributed by atoms with Crippen molar-refractivity contribution in [2.24, 2.45) is 0 Å². The minimum Gasteiger partial charge on any atom is -0.285 e. The third kappa shape index (κ3) is 4.05. The molecule has 0 fully saturated rings. The molecular formula is C16H16O3S. The average molecular weight is 288 g/mol. The summed E-state index contributed by atoms with van der Waals surface area (Å²) in [7, 11) is -4.16. The van der Waals surface area contributed by atoms with Gasteiger partial charge in [0.15, 0.2) is 0 Å². The lowest BCUT2D eigenvalue weighted by atomic mass is 10.1. The van der Waals surface area contributed by atoms with Crippen LogP contribution in [0.3, 0.4) is 0 Å². The quantitative estimate of drug-likeness (QED) is 0.677.